The van der Waals surface area contributed by atoms with Crippen molar-refractivity contribution in [2.45, 2.75) is 38.6 Å². The quantitative estimate of drug-likeness (QED) is 0.907. The fourth-order valence-electron chi connectivity index (χ4n) is 4.49. The van der Waals surface area contributed by atoms with Gasteiger partial charge in [-0.25, -0.2) is 0 Å². The minimum atomic E-state index is 0.134. The van der Waals surface area contributed by atoms with Crippen molar-refractivity contribution < 1.29 is 0 Å². The third-order valence-corrected chi connectivity index (χ3v) is 6.10. The SMILES string of the molecule is CC1CCCC(CN)(N2CCN(C)c3ccccc32)C1C. The van der Waals surface area contributed by atoms with Crippen LogP contribution in [0.25, 0.3) is 0 Å². The molecule has 0 spiro atoms. The van der Waals surface area contributed by atoms with E-state index in [2.05, 4.69) is 55.0 Å². The maximum atomic E-state index is 6.36. The van der Waals surface area contributed by atoms with Gasteiger partial charge in [0.05, 0.1) is 16.9 Å². The van der Waals surface area contributed by atoms with Crippen LogP contribution in [0.3, 0.4) is 0 Å². The standard InChI is InChI=1S/C18H29N3/c1-14-7-6-10-18(13-19,15(14)2)21-12-11-20(3)16-8-4-5-9-17(16)21/h4-5,8-9,14-15H,6-7,10-13,19H2,1-3H3. The van der Waals surface area contributed by atoms with E-state index in [1.54, 1.807) is 0 Å². The number of benzene rings is 1. The number of nitrogens with zero attached hydrogens (tertiary/aromatic N) is 2. The summed E-state index contributed by atoms with van der Waals surface area (Å²) in [6.45, 7) is 7.74. The summed E-state index contributed by atoms with van der Waals surface area (Å²) >= 11 is 0. The summed E-state index contributed by atoms with van der Waals surface area (Å²) in [7, 11) is 2.19. The van der Waals surface area contributed by atoms with Gasteiger partial charge in [0.25, 0.3) is 0 Å². The lowest BCUT2D eigenvalue weighted by Crippen LogP contribution is -2.63. The maximum Gasteiger partial charge on any atom is 0.0609 e. The summed E-state index contributed by atoms with van der Waals surface area (Å²) < 4.78 is 0. The van der Waals surface area contributed by atoms with Crippen LogP contribution < -0.4 is 15.5 Å². The van der Waals surface area contributed by atoms with E-state index in [0.29, 0.717) is 5.92 Å². The molecular weight excluding hydrogens is 258 g/mol. The maximum absolute atomic E-state index is 6.36. The van der Waals surface area contributed by atoms with Crippen molar-refractivity contribution in [3.63, 3.8) is 0 Å². The molecule has 3 atom stereocenters. The zero-order valence-corrected chi connectivity index (χ0v) is 13.7. The largest absolute Gasteiger partial charge is 0.371 e. The van der Waals surface area contributed by atoms with E-state index in [-0.39, 0.29) is 5.54 Å². The highest BCUT2D eigenvalue weighted by Crippen LogP contribution is 2.46. The summed E-state index contributed by atoms with van der Waals surface area (Å²) in [6, 6.07) is 8.81. The number of para-hydroxylation sites is 2. The molecule has 1 fully saturated rings. The van der Waals surface area contributed by atoms with Crippen LogP contribution in [0.2, 0.25) is 0 Å². The Morgan fingerprint density at radius 3 is 2.62 bits per heavy atom. The van der Waals surface area contributed by atoms with Crippen molar-refractivity contribution in [2.24, 2.45) is 17.6 Å². The molecule has 1 aliphatic carbocycles. The van der Waals surface area contributed by atoms with Gasteiger partial charge in [0.1, 0.15) is 0 Å². The van der Waals surface area contributed by atoms with E-state index in [1.807, 2.05) is 0 Å². The smallest absolute Gasteiger partial charge is 0.0609 e. The first-order chi connectivity index (χ1) is 10.1. The number of likely N-dealkylation sites (N-methyl/N-ethyl adjacent to an activating group) is 1. The summed E-state index contributed by atoms with van der Waals surface area (Å²) in [6.07, 6.45) is 3.88. The molecule has 0 saturated heterocycles. The molecule has 0 bridgehead atoms. The predicted molar refractivity (Wildman–Crippen MR) is 91.0 cm³/mol. The second-order valence-corrected chi connectivity index (χ2v) is 7.03. The van der Waals surface area contributed by atoms with Gasteiger partial charge in [-0.1, -0.05) is 38.8 Å². The van der Waals surface area contributed by atoms with E-state index in [0.717, 1.165) is 25.6 Å². The van der Waals surface area contributed by atoms with Gasteiger partial charge < -0.3 is 15.5 Å². The first kappa shape index (κ1) is 14.7. The van der Waals surface area contributed by atoms with Crippen LogP contribution in [0.15, 0.2) is 24.3 Å². The van der Waals surface area contributed by atoms with Crippen molar-refractivity contribution in [1.82, 2.24) is 0 Å². The zero-order chi connectivity index (χ0) is 15.0. The minimum Gasteiger partial charge on any atom is -0.371 e. The first-order valence-corrected chi connectivity index (χ1v) is 8.38. The molecule has 1 aromatic carbocycles. The molecule has 3 unspecified atom stereocenters. The van der Waals surface area contributed by atoms with Crippen molar-refractivity contribution in [3.8, 4) is 0 Å². The van der Waals surface area contributed by atoms with Gasteiger partial charge in [0, 0.05) is 26.7 Å². The van der Waals surface area contributed by atoms with Crippen molar-refractivity contribution in [1.29, 1.82) is 0 Å². The van der Waals surface area contributed by atoms with E-state index >= 15 is 0 Å². The molecule has 2 N–H and O–H groups in total. The monoisotopic (exact) mass is 287 g/mol. The molecule has 1 saturated carbocycles. The summed E-state index contributed by atoms with van der Waals surface area (Å²) in [5, 5.41) is 0. The zero-order valence-electron chi connectivity index (χ0n) is 13.7. The molecule has 1 aromatic rings. The highest BCUT2D eigenvalue weighted by atomic mass is 15.3. The lowest BCUT2D eigenvalue weighted by Gasteiger charge is -2.55. The second-order valence-electron chi connectivity index (χ2n) is 7.03. The van der Waals surface area contributed by atoms with Gasteiger partial charge in [-0.05, 0) is 30.4 Å². The van der Waals surface area contributed by atoms with E-state index in [4.69, 9.17) is 5.73 Å². The summed E-state index contributed by atoms with van der Waals surface area (Å²) in [5.41, 5.74) is 9.21. The number of fused-ring (bicyclic) bond motifs is 1. The number of rotatable bonds is 2. The van der Waals surface area contributed by atoms with Crippen LogP contribution in [0.5, 0.6) is 0 Å². The molecule has 0 amide bonds. The number of hydrogen-bond acceptors (Lipinski definition) is 3. The van der Waals surface area contributed by atoms with Crippen LogP contribution in [-0.2, 0) is 0 Å². The topological polar surface area (TPSA) is 32.5 Å². The summed E-state index contributed by atoms with van der Waals surface area (Å²) in [4.78, 5) is 5.01. The average Bonchev–Trinajstić information content (AvgIpc) is 2.51. The number of nitrogens with two attached hydrogens (primary N) is 1. The fourth-order valence-corrected chi connectivity index (χ4v) is 4.49. The minimum absolute atomic E-state index is 0.134. The molecule has 2 aliphatic rings. The van der Waals surface area contributed by atoms with Gasteiger partial charge in [0.2, 0.25) is 0 Å². The van der Waals surface area contributed by atoms with Crippen LogP contribution in [0.1, 0.15) is 33.1 Å². The van der Waals surface area contributed by atoms with Crippen LogP contribution in [-0.4, -0.2) is 32.2 Å². The molecule has 0 aromatic heterocycles. The third kappa shape index (κ3) is 2.22. The Hall–Kier alpha value is -1.22. The molecule has 116 valence electrons. The number of hydrogen-bond donors (Lipinski definition) is 1. The van der Waals surface area contributed by atoms with Crippen molar-refractivity contribution in [3.05, 3.63) is 24.3 Å². The molecule has 3 nitrogen and oxygen atoms in total. The lowest BCUT2D eigenvalue weighted by molar-refractivity contribution is 0.139. The van der Waals surface area contributed by atoms with Crippen LogP contribution in [0, 0.1) is 11.8 Å². The molecule has 21 heavy (non-hydrogen) atoms. The molecule has 3 heteroatoms. The highest BCUT2D eigenvalue weighted by molar-refractivity contribution is 5.74. The Morgan fingerprint density at radius 2 is 1.90 bits per heavy atom. The Morgan fingerprint density at radius 1 is 1.19 bits per heavy atom. The van der Waals surface area contributed by atoms with Gasteiger partial charge in [-0.2, -0.15) is 0 Å². The highest BCUT2D eigenvalue weighted by Gasteiger charge is 2.46. The molecular formula is C18H29N3. The van der Waals surface area contributed by atoms with Gasteiger partial charge in [-0.15, -0.1) is 0 Å². The molecule has 3 rings (SSSR count). The average molecular weight is 287 g/mol. The lowest BCUT2D eigenvalue weighted by atomic mass is 9.67. The fraction of sp³-hybridized carbons (Fsp3) is 0.667. The Bertz CT molecular complexity index is 501. The second kappa shape index (κ2) is 5.53. The van der Waals surface area contributed by atoms with Gasteiger partial charge >= 0.3 is 0 Å². The normalized spacial score (nSPS) is 33.0. The molecule has 1 aliphatic heterocycles. The van der Waals surface area contributed by atoms with Crippen molar-refractivity contribution >= 4 is 11.4 Å². The molecule has 0 radical (unpaired) electrons. The Kier molecular flexibility index (Phi) is 3.87. The Labute approximate surface area is 129 Å². The molecule has 1 heterocycles. The van der Waals surface area contributed by atoms with E-state index in [1.165, 1.54) is 30.6 Å². The van der Waals surface area contributed by atoms with Gasteiger partial charge in [0.15, 0.2) is 0 Å². The Balaban J connectivity index is 2.04. The first-order valence-electron chi connectivity index (χ1n) is 8.38. The number of anilines is 2. The van der Waals surface area contributed by atoms with Crippen LogP contribution in [0.4, 0.5) is 11.4 Å². The van der Waals surface area contributed by atoms with Gasteiger partial charge in [-0.3, -0.25) is 0 Å². The third-order valence-electron chi connectivity index (χ3n) is 6.10. The van der Waals surface area contributed by atoms with Crippen molar-refractivity contribution in [2.75, 3.05) is 36.5 Å². The van der Waals surface area contributed by atoms with Crippen LogP contribution >= 0.6 is 0 Å². The van der Waals surface area contributed by atoms with E-state index in [9.17, 15) is 0 Å². The summed E-state index contributed by atoms with van der Waals surface area (Å²) in [5.74, 6) is 1.40. The predicted octanol–water partition coefficient (Wildman–Crippen LogP) is 3.10. The van der Waals surface area contributed by atoms with E-state index < -0.39 is 0 Å².